The van der Waals surface area contributed by atoms with Crippen LogP contribution in [-0.2, 0) is 9.59 Å². The van der Waals surface area contributed by atoms with Gasteiger partial charge in [0.1, 0.15) is 0 Å². The molecule has 0 atom stereocenters. The van der Waals surface area contributed by atoms with Gasteiger partial charge in [-0.25, -0.2) is 0 Å². The van der Waals surface area contributed by atoms with Gasteiger partial charge in [0.25, 0.3) is 0 Å². The van der Waals surface area contributed by atoms with Crippen molar-refractivity contribution in [3.63, 3.8) is 0 Å². The summed E-state index contributed by atoms with van der Waals surface area (Å²) < 4.78 is 0. The van der Waals surface area contributed by atoms with Gasteiger partial charge in [0.05, 0.1) is 0 Å². The number of hydrogen-bond donors (Lipinski definition) is 1. The van der Waals surface area contributed by atoms with Gasteiger partial charge in [0.15, 0.2) is 0 Å². The van der Waals surface area contributed by atoms with Crippen LogP contribution in [0.4, 0.5) is 5.69 Å². The average Bonchev–Trinajstić information content (AvgIpc) is 2.39. The lowest BCUT2D eigenvalue weighted by molar-refractivity contribution is -0.121. The Balaban J connectivity index is 2.76. The third kappa shape index (κ3) is 5.21. The summed E-state index contributed by atoms with van der Waals surface area (Å²) in [5, 5.41) is 2.88. The molecule has 0 aliphatic rings. The predicted molar refractivity (Wildman–Crippen MR) is 86.4 cm³/mol. The first kappa shape index (κ1) is 17.2. The van der Waals surface area contributed by atoms with Crippen LogP contribution in [0, 0.1) is 19.8 Å². The molecule has 116 valence electrons. The number of carbonyl (C=O) groups is 2. The van der Waals surface area contributed by atoms with Gasteiger partial charge < -0.3 is 10.2 Å². The Morgan fingerprint density at radius 2 is 1.76 bits per heavy atom. The lowest BCUT2D eigenvalue weighted by atomic mass is 10.1. The molecule has 0 spiro atoms. The smallest absolute Gasteiger partial charge is 0.223 e. The van der Waals surface area contributed by atoms with Crippen molar-refractivity contribution in [1.82, 2.24) is 5.32 Å². The van der Waals surface area contributed by atoms with Crippen LogP contribution >= 0.6 is 0 Å². The third-order valence-electron chi connectivity index (χ3n) is 3.36. The molecule has 0 saturated carbocycles. The highest BCUT2D eigenvalue weighted by Crippen LogP contribution is 2.24. The summed E-state index contributed by atoms with van der Waals surface area (Å²) in [6, 6.07) is 5.94. The Kier molecular flexibility index (Phi) is 6.40. The summed E-state index contributed by atoms with van der Waals surface area (Å²) in [5.74, 6) is 0.377. The van der Waals surface area contributed by atoms with Gasteiger partial charge >= 0.3 is 0 Å². The average molecular weight is 290 g/mol. The summed E-state index contributed by atoms with van der Waals surface area (Å²) in [4.78, 5) is 25.4. The lowest BCUT2D eigenvalue weighted by Crippen LogP contribution is -2.35. The lowest BCUT2D eigenvalue weighted by Gasteiger charge is -2.25. The molecule has 4 heteroatoms. The van der Waals surface area contributed by atoms with Crippen LogP contribution in [0.2, 0.25) is 0 Å². The number of hydrogen-bond acceptors (Lipinski definition) is 2. The number of nitrogens with one attached hydrogen (secondary N) is 1. The van der Waals surface area contributed by atoms with Gasteiger partial charge in [-0.2, -0.15) is 0 Å². The first-order valence-corrected chi connectivity index (χ1v) is 7.44. The van der Waals surface area contributed by atoms with Gasteiger partial charge in [0.2, 0.25) is 11.8 Å². The summed E-state index contributed by atoms with van der Waals surface area (Å²) >= 11 is 0. The van der Waals surface area contributed by atoms with E-state index >= 15 is 0 Å². The van der Waals surface area contributed by atoms with Crippen molar-refractivity contribution in [3.05, 3.63) is 29.3 Å². The minimum Gasteiger partial charge on any atom is -0.356 e. The minimum atomic E-state index is -0.0379. The van der Waals surface area contributed by atoms with Crippen molar-refractivity contribution < 1.29 is 9.59 Å². The molecular weight excluding hydrogens is 264 g/mol. The Hall–Kier alpha value is -1.84. The number of rotatable bonds is 6. The number of amides is 2. The standard InChI is InChI=1S/C17H26N2O2/c1-12(2)11-18-16(21)9-10-19(15(5)20)17-13(3)7-6-8-14(17)4/h6-8,12H,9-11H2,1-5H3,(H,18,21). The molecule has 0 radical (unpaired) electrons. The molecule has 4 nitrogen and oxygen atoms in total. The van der Waals surface area contributed by atoms with E-state index in [0.717, 1.165) is 16.8 Å². The van der Waals surface area contributed by atoms with Crippen molar-refractivity contribution >= 4 is 17.5 Å². The molecule has 0 saturated heterocycles. The van der Waals surface area contributed by atoms with Gasteiger partial charge in [-0.1, -0.05) is 32.0 Å². The van der Waals surface area contributed by atoms with Crippen LogP contribution in [-0.4, -0.2) is 24.9 Å². The molecule has 0 heterocycles. The second-order valence-corrected chi connectivity index (χ2v) is 5.86. The predicted octanol–water partition coefficient (Wildman–Crippen LogP) is 2.82. The zero-order chi connectivity index (χ0) is 16.0. The van der Waals surface area contributed by atoms with Crippen LogP contribution in [0.1, 0.15) is 38.3 Å². The maximum absolute atomic E-state index is 11.9. The van der Waals surface area contributed by atoms with Crippen molar-refractivity contribution in [1.29, 1.82) is 0 Å². The fourth-order valence-corrected chi connectivity index (χ4v) is 2.28. The Morgan fingerprint density at radius 1 is 1.19 bits per heavy atom. The molecule has 1 aromatic rings. The van der Waals surface area contributed by atoms with Crippen molar-refractivity contribution in [2.45, 2.75) is 41.0 Å². The second-order valence-electron chi connectivity index (χ2n) is 5.86. The number of benzene rings is 1. The summed E-state index contributed by atoms with van der Waals surface area (Å²) in [6.45, 7) is 10.7. The van der Waals surface area contributed by atoms with Gasteiger partial charge in [0, 0.05) is 32.1 Å². The van der Waals surface area contributed by atoms with E-state index in [1.165, 1.54) is 6.92 Å². The Bertz CT molecular complexity index is 489. The van der Waals surface area contributed by atoms with E-state index in [2.05, 4.69) is 19.2 Å². The van der Waals surface area contributed by atoms with E-state index < -0.39 is 0 Å². The first-order valence-electron chi connectivity index (χ1n) is 7.44. The zero-order valence-corrected chi connectivity index (χ0v) is 13.7. The van der Waals surface area contributed by atoms with Crippen LogP contribution in [0.3, 0.4) is 0 Å². The molecule has 0 unspecified atom stereocenters. The number of para-hydroxylation sites is 1. The maximum atomic E-state index is 11.9. The number of anilines is 1. The van der Waals surface area contributed by atoms with E-state index in [-0.39, 0.29) is 11.8 Å². The van der Waals surface area contributed by atoms with Crippen molar-refractivity contribution in [2.75, 3.05) is 18.0 Å². The number of aryl methyl sites for hydroxylation is 2. The molecule has 0 aliphatic carbocycles. The van der Waals surface area contributed by atoms with Crippen LogP contribution < -0.4 is 10.2 Å². The van der Waals surface area contributed by atoms with Gasteiger partial charge in [-0.3, -0.25) is 9.59 Å². The molecule has 0 fully saturated rings. The maximum Gasteiger partial charge on any atom is 0.223 e. The Labute approximate surface area is 127 Å². The quantitative estimate of drug-likeness (QED) is 0.876. The van der Waals surface area contributed by atoms with E-state index in [0.29, 0.717) is 25.4 Å². The largest absolute Gasteiger partial charge is 0.356 e. The molecule has 1 N–H and O–H groups in total. The Morgan fingerprint density at radius 3 is 2.24 bits per heavy atom. The highest BCUT2D eigenvalue weighted by Gasteiger charge is 2.17. The van der Waals surface area contributed by atoms with Crippen LogP contribution in [0.5, 0.6) is 0 Å². The van der Waals surface area contributed by atoms with Crippen LogP contribution in [0.15, 0.2) is 18.2 Å². The van der Waals surface area contributed by atoms with E-state index in [4.69, 9.17) is 0 Å². The highest BCUT2D eigenvalue weighted by molar-refractivity contribution is 5.94. The highest BCUT2D eigenvalue weighted by atomic mass is 16.2. The second kappa shape index (κ2) is 7.81. The third-order valence-corrected chi connectivity index (χ3v) is 3.36. The van der Waals surface area contributed by atoms with E-state index in [1.807, 2.05) is 32.0 Å². The molecule has 1 aromatic carbocycles. The molecule has 1 rings (SSSR count). The SMILES string of the molecule is CC(=O)N(CCC(=O)NCC(C)C)c1c(C)cccc1C. The molecule has 0 bridgehead atoms. The van der Waals surface area contributed by atoms with Crippen LogP contribution in [0.25, 0.3) is 0 Å². The zero-order valence-electron chi connectivity index (χ0n) is 13.7. The molecule has 0 aliphatic heterocycles. The molecule has 0 aromatic heterocycles. The fourth-order valence-electron chi connectivity index (χ4n) is 2.28. The first-order chi connectivity index (χ1) is 9.82. The summed E-state index contributed by atoms with van der Waals surface area (Å²) in [5.41, 5.74) is 3.02. The van der Waals surface area contributed by atoms with Crippen molar-refractivity contribution in [2.24, 2.45) is 5.92 Å². The summed E-state index contributed by atoms with van der Waals surface area (Å²) in [7, 11) is 0. The topological polar surface area (TPSA) is 49.4 Å². The van der Waals surface area contributed by atoms with Gasteiger partial charge in [-0.15, -0.1) is 0 Å². The van der Waals surface area contributed by atoms with Gasteiger partial charge in [-0.05, 0) is 30.9 Å². The van der Waals surface area contributed by atoms with E-state index in [1.54, 1.807) is 4.90 Å². The molecular formula is C17H26N2O2. The molecule has 2 amide bonds. The minimum absolute atomic E-state index is 0.0128. The van der Waals surface area contributed by atoms with E-state index in [9.17, 15) is 9.59 Å². The normalized spacial score (nSPS) is 10.6. The van der Waals surface area contributed by atoms with Crippen molar-refractivity contribution in [3.8, 4) is 0 Å². The molecule has 21 heavy (non-hydrogen) atoms. The fraction of sp³-hybridized carbons (Fsp3) is 0.529. The number of carbonyl (C=O) groups excluding carboxylic acids is 2. The summed E-state index contributed by atoms with van der Waals surface area (Å²) in [6.07, 6.45) is 0.320. The number of nitrogens with zero attached hydrogens (tertiary/aromatic N) is 1. The monoisotopic (exact) mass is 290 g/mol.